The number of nitrogens with zero attached hydrogens (tertiary/aromatic N) is 1. The van der Waals surface area contributed by atoms with Crippen molar-refractivity contribution in [1.82, 2.24) is 0 Å². The Morgan fingerprint density at radius 2 is 1.38 bits per heavy atom. The third kappa shape index (κ3) is 12.8. The van der Waals surface area contributed by atoms with Gasteiger partial charge in [-0.2, -0.15) is 4.57 Å². The van der Waals surface area contributed by atoms with Crippen LogP contribution < -0.4 is 23.2 Å². The van der Waals surface area contributed by atoms with Gasteiger partial charge in [-0.05, 0) is 48.4 Å². The highest BCUT2D eigenvalue weighted by Crippen LogP contribution is 2.47. The first-order valence-electron chi connectivity index (χ1n) is 16.7. The first-order chi connectivity index (χ1) is 21.2. The van der Waals surface area contributed by atoms with E-state index in [1.54, 1.807) is 29.5 Å². The molecule has 0 aliphatic heterocycles. The molecule has 0 radical (unpaired) electrons. The third-order valence-corrected chi connectivity index (χ3v) is 9.57. The maximum absolute atomic E-state index is 13.3. The Kier molecular flexibility index (Phi) is 14.0. The molecule has 1 atom stereocenters. The largest absolute Gasteiger partial charge is 0.736 e. The molecule has 250 valence electrons. The quantitative estimate of drug-likeness (QED) is 0.0773. The number of aromatic nitrogens is 1. The van der Waals surface area contributed by atoms with Crippen LogP contribution in [0.3, 0.4) is 0 Å². The predicted molar refractivity (Wildman–Crippen MR) is 185 cm³/mol. The average molecular weight is 658 g/mol. The normalized spacial score (nSPS) is 13.4. The summed E-state index contributed by atoms with van der Waals surface area (Å²) in [6, 6.07) is 10.9. The number of hydrogen-bond donors (Lipinski definition) is 0. The predicted octanol–water partition coefficient (Wildman–Crippen LogP) is 10.2. The van der Waals surface area contributed by atoms with Crippen LogP contribution >= 0.6 is 19.2 Å². The maximum atomic E-state index is 13.3. The van der Waals surface area contributed by atoms with E-state index < -0.39 is 13.2 Å². The summed E-state index contributed by atoms with van der Waals surface area (Å²) in [5, 5.41) is 0. The zero-order chi connectivity index (χ0) is 33.1. The van der Waals surface area contributed by atoms with Gasteiger partial charge in [-0.25, -0.2) is 4.57 Å². The van der Waals surface area contributed by atoms with Crippen molar-refractivity contribution in [3.8, 4) is 17.2 Å². The number of unbranched alkanes of at least 4 members (excludes halogenated alkanes) is 9. The fourth-order valence-electron chi connectivity index (χ4n) is 5.41. The zero-order valence-electron chi connectivity index (χ0n) is 28.9. The van der Waals surface area contributed by atoms with Gasteiger partial charge in [0.15, 0.2) is 12.7 Å². The van der Waals surface area contributed by atoms with E-state index in [-0.39, 0.29) is 16.9 Å². The van der Waals surface area contributed by atoms with Crippen LogP contribution in [0.15, 0.2) is 48.1 Å². The molecule has 0 saturated carbocycles. The van der Waals surface area contributed by atoms with Crippen LogP contribution in [0.4, 0.5) is 0 Å². The molecule has 1 unspecified atom stereocenters. The van der Waals surface area contributed by atoms with Crippen LogP contribution in [0, 0.1) is 6.92 Å². The number of aryl methyl sites for hydroxylation is 1. The number of rotatable bonds is 18. The monoisotopic (exact) mass is 657 g/mol. The summed E-state index contributed by atoms with van der Waals surface area (Å²) < 4.78 is 33.0. The van der Waals surface area contributed by atoms with Crippen molar-refractivity contribution in [2.45, 2.75) is 137 Å². The summed E-state index contributed by atoms with van der Waals surface area (Å²) in [5.41, 5.74) is 3.95. The topological polar surface area (TPSA) is 71.7 Å². The first-order valence-corrected chi connectivity index (χ1v) is 19.1. The Bertz CT molecular complexity index is 1390. The molecule has 0 spiro atoms. The van der Waals surface area contributed by atoms with Crippen molar-refractivity contribution < 1.29 is 27.8 Å². The maximum Gasteiger partial charge on any atom is 0.372 e. The van der Waals surface area contributed by atoms with Crippen LogP contribution in [0.2, 0.25) is 0 Å². The second-order valence-electron chi connectivity index (χ2n) is 14.3. The zero-order valence-corrected chi connectivity index (χ0v) is 30.7. The van der Waals surface area contributed by atoms with Crippen LogP contribution in [-0.2, 0) is 21.9 Å². The van der Waals surface area contributed by atoms with E-state index in [1.165, 1.54) is 56.2 Å². The van der Waals surface area contributed by atoms with Crippen molar-refractivity contribution in [2.24, 2.45) is 0 Å². The van der Waals surface area contributed by atoms with E-state index in [0.29, 0.717) is 13.2 Å². The van der Waals surface area contributed by atoms with Crippen LogP contribution in [0.25, 0.3) is 0 Å². The molecule has 0 aliphatic rings. The summed E-state index contributed by atoms with van der Waals surface area (Å²) >= 11 is 1.67. The lowest BCUT2D eigenvalue weighted by atomic mass is 9.81. The Balaban J connectivity index is 1.69. The summed E-state index contributed by atoms with van der Waals surface area (Å²) in [7, 11) is -4.76. The van der Waals surface area contributed by atoms with Gasteiger partial charge >= 0.3 is 7.82 Å². The SMILES string of the molecule is CCCCCCCCCCCCOc1cc(C(C)(C)C)c(OP(=O)([O-])Oc2cccc(C[n+]3csc(C)c3)c2)cc1C(C)(C)C. The van der Waals surface area contributed by atoms with Gasteiger partial charge in [0.2, 0.25) is 5.51 Å². The molecule has 0 N–H and O–H groups in total. The van der Waals surface area contributed by atoms with E-state index in [1.807, 2.05) is 44.5 Å². The lowest BCUT2D eigenvalue weighted by molar-refractivity contribution is -0.683. The van der Waals surface area contributed by atoms with E-state index in [0.717, 1.165) is 35.3 Å². The molecular formula is C37H56NO5PS. The third-order valence-electron chi connectivity index (χ3n) is 7.87. The first kappa shape index (κ1) is 37.1. The lowest BCUT2D eigenvalue weighted by Gasteiger charge is -2.31. The van der Waals surface area contributed by atoms with Gasteiger partial charge in [0.25, 0.3) is 0 Å². The van der Waals surface area contributed by atoms with E-state index in [2.05, 4.69) is 45.4 Å². The molecule has 8 heteroatoms. The fraction of sp³-hybridized carbons (Fsp3) is 0.595. The fourth-order valence-corrected chi connectivity index (χ4v) is 6.84. The Morgan fingerprint density at radius 3 is 1.96 bits per heavy atom. The van der Waals surface area contributed by atoms with Gasteiger partial charge in [0.1, 0.15) is 17.2 Å². The van der Waals surface area contributed by atoms with Gasteiger partial charge in [-0.15, -0.1) is 0 Å². The minimum absolute atomic E-state index is 0.225. The number of thiazole rings is 1. The van der Waals surface area contributed by atoms with Crippen molar-refractivity contribution in [2.75, 3.05) is 6.61 Å². The lowest BCUT2D eigenvalue weighted by Crippen LogP contribution is -2.30. The van der Waals surface area contributed by atoms with Crippen molar-refractivity contribution in [3.63, 3.8) is 0 Å². The van der Waals surface area contributed by atoms with Gasteiger partial charge in [0, 0.05) is 16.7 Å². The summed E-state index contributed by atoms with van der Waals surface area (Å²) in [5.74, 6) is 1.28. The highest BCUT2D eigenvalue weighted by molar-refractivity contribution is 7.46. The molecule has 0 aliphatic carbocycles. The molecule has 0 amide bonds. The minimum atomic E-state index is -4.76. The van der Waals surface area contributed by atoms with Crippen LogP contribution in [0.5, 0.6) is 17.2 Å². The van der Waals surface area contributed by atoms with Crippen molar-refractivity contribution in [1.29, 1.82) is 0 Å². The molecule has 3 rings (SSSR count). The van der Waals surface area contributed by atoms with Gasteiger partial charge in [0.05, 0.1) is 11.5 Å². The molecule has 1 aromatic heterocycles. The van der Waals surface area contributed by atoms with Crippen molar-refractivity contribution in [3.05, 3.63) is 69.7 Å². The Hall–Kier alpha value is -2.34. The number of benzene rings is 2. The number of phosphoric acid groups is 1. The molecular weight excluding hydrogens is 601 g/mol. The Morgan fingerprint density at radius 1 is 0.800 bits per heavy atom. The number of hydrogen-bond acceptors (Lipinski definition) is 6. The molecule has 0 fully saturated rings. The second kappa shape index (κ2) is 17.0. The highest BCUT2D eigenvalue weighted by atomic mass is 32.1. The highest BCUT2D eigenvalue weighted by Gasteiger charge is 2.29. The molecule has 2 aromatic carbocycles. The smallest absolute Gasteiger partial charge is 0.372 e. The van der Waals surface area contributed by atoms with Crippen LogP contribution in [0.1, 0.15) is 134 Å². The summed E-state index contributed by atoms with van der Waals surface area (Å²) in [4.78, 5) is 14.5. The average Bonchev–Trinajstić information content (AvgIpc) is 3.34. The minimum Gasteiger partial charge on any atom is -0.736 e. The Labute approximate surface area is 276 Å². The summed E-state index contributed by atoms with van der Waals surface area (Å²) in [6.45, 7) is 18.0. The molecule has 0 bridgehead atoms. The van der Waals surface area contributed by atoms with Gasteiger partial charge < -0.3 is 18.7 Å². The number of ether oxygens (including phenoxy) is 1. The standard InChI is InChI=1S/C37H56NO5PS/c1-9-10-11-12-13-14-15-16-17-18-22-41-34-24-33(37(6,7)8)35(25-32(34)36(3,4)5)43-44(39,40)42-31-21-19-20-30(23-31)27-38-26-29(2)45-28-38/h19-21,23-26,28H,9-18,22,27H2,1-8H3. The molecule has 45 heavy (non-hydrogen) atoms. The molecule has 1 heterocycles. The van der Waals surface area contributed by atoms with Gasteiger partial charge in [-0.1, -0.05) is 130 Å². The molecule has 6 nitrogen and oxygen atoms in total. The number of phosphoric ester groups is 1. The van der Waals surface area contributed by atoms with Crippen LogP contribution in [-0.4, -0.2) is 6.61 Å². The second-order valence-corrected chi connectivity index (χ2v) is 16.6. The summed E-state index contributed by atoms with van der Waals surface area (Å²) in [6.07, 6.45) is 14.8. The van der Waals surface area contributed by atoms with E-state index >= 15 is 0 Å². The van der Waals surface area contributed by atoms with Crippen molar-refractivity contribution >= 4 is 19.2 Å². The van der Waals surface area contributed by atoms with Gasteiger partial charge in [-0.3, -0.25) is 0 Å². The molecule has 0 saturated heterocycles. The molecule has 3 aromatic rings. The van der Waals surface area contributed by atoms with E-state index in [4.69, 9.17) is 13.8 Å². The van der Waals surface area contributed by atoms with E-state index in [9.17, 15) is 9.46 Å².